The summed E-state index contributed by atoms with van der Waals surface area (Å²) < 4.78 is 0. The zero-order chi connectivity index (χ0) is 13.1. The first-order valence-electron chi connectivity index (χ1n) is 7.91. The molecule has 1 aromatic rings. The maximum Gasteiger partial charge on any atom is 0.0333 e. The van der Waals surface area contributed by atoms with Crippen molar-refractivity contribution in [1.82, 2.24) is 10.2 Å². The van der Waals surface area contributed by atoms with E-state index in [1.807, 2.05) is 11.3 Å². The zero-order valence-electron chi connectivity index (χ0n) is 12.0. The fourth-order valence-electron chi connectivity index (χ4n) is 3.58. The molecule has 1 atom stereocenters. The number of hydrogen-bond donors (Lipinski definition) is 1. The summed E-state index contributed by atoms with van der Waals surface area (Å²) in [5, 5.41) is 6.22. The number of thiophene rings is 1. The van der Waals surface area contributed by atoms with Gasteiger partial charge in [-0.3, -0.25) is 0 Å². The van der Waals surface area contributed by atoms with Crippen molar-refractivity contribution in [2.45, 2.75) is 57.5 Å². The Morgan fingerprint density at radius 1 is 1.32 bits per heavy atom. The minimum Gasteiger partial charge on any atom is -0.307 e. The summed E-state index contributed by atoms with van der Waals surface area (Å²) in [6.45, 7) is 6.14. The second-order valence-corrected chi connectivity index (χ2v) is 7.03. The Balaban J connectivity index is 1.54. The number of nitrogens with one attached hydrogen (secondary N) is 1. The van der Waals surface area contributed by atoms with Gasteiger partial charge in [0.05, 0.1) is 0 Å². The monoisotopic (exact) mass is 278 g/mol. The van der Waals surface area contributed by atoms with Crippen molar-refractivity contribution in [1.29, 1.82) is 0 Å². The minimum atomic E-state index is 0.637. The molecule has 1 aliphatic heterocycles. The van der Waals surface area contributed by atoms with Crippen molar-refractivity contribution >= 4 is 11.3 Å². The quantitative estimate of drug-likeness (QED) is 0.905. The SMILES string of the molecule is CCCN1CCC(NC2CCCc3sccc32)CC1. The predicted octanol–water partition coefficient (Wildman–Crippen LogP) is 3.59. The van der Waals surface area contributed by atoms with Crippen molar-refractivity contribution in [3.05, 3.63) is 21.9 Å². The summed E-state index contributed by atoms with van der Waals surface area (Å²) in [6.07, 6.45) is 7.95. The van der Waals surface area contributed by atoms with Gasteiger partial charge in [0.15, 0.2) is 0 Å². The molecule has 1 unspecified atom stereocenters. The van der Waals surface area contributed by atoms with Crippen LogP contribution in [-0.4, -0.2) is 30.6 Å². The third-order valence-electron chi connectivity index (χ3n) is 4.62. The topological polar surface area (TPSA) is 15.3 Å². The van der Waals surface area contributed by atoms with Crippen LogP contribution >= 0.6 is 11.3 Å². The molecule has 2 nitrogen and oxygen atoms in total. The molecule has 1 saturated heterocycles. The normalized spacial score (nSPS) is 25.4. The van der Waals surface area contributed by atoms with Gasteiger partial charge in [-0.25, -0.2) is 0 Å². The van der Waals surface area contributed by atoms with Gasteiger partial charge in [-0.05, 0) is 75.2 Å². The maximum absolute atomic E-state index is 3.94. The summed E-state index contributed by atoms with van der Waals surface area (Å²) in [7, 11) is 0. The summed E-state index contributed by atoms with van der Waals surface area (Å²) in [5.74, 6) is 0. The number of piperidine rings is 1. The first kappa shape index (κ1) is 13.6. The van der Waals surface area contributed by atoms with Crippen LogP contribution in [0.5, 0.6) is 0 Å². The van der Waals surface area contributed by atoms with Crippen molar-refractivity contribution in [3.8, 4) is 0 Å². The molecular weight excluding hydrogens is 252 g/mol. The fourth-order valence-corrected chi connectivity index (χ4v) is 4.57. The van der Waals surface area contributed by atoms with Crippen LogP contribution in [0.1, 0.15) is 55.5 Å². The average molecular weight is 278 g/mol. The lowest BCUT2D eigenvalue weighted by Gasteiger charge is -2.35. The van der Waals surface area contributed by atoms with E-state index in [4.69, 9.17) is 0 Å². The molecule has 2 heterocycles. The lowest BCUT2D eigenvalue weighted by Crippen LogP contribution is -2.44. The highest BCUT2D eigenvalue weighted by atomic mass is 32.1. The van der Waals surface area contributed by atoms with E-state index in [1.165, 1.54) is 58.2 Å². The Labute approximate surface area is 121 Å². The van der Waals surface area contributed by atoms with Crippen molar-refractivity contribution in [3.63, 3.8) is 0 Å². The summed E-state index contributed by atoms with van der Waals surface area (Å²) in [4.78, 5) is 4.25. The van der Waals surface area contributed by atoms with E-state index in [2.05, 4.69) is 28.6 Å². The van der Waals surface area contributed by atoms with E-state index in [0.29, 0.717) is 6.04 Å². The number of hydrogen-bond acceptors (Lipinski definition) is 3. The maximum atomic E-state index is 3.94. The third kappa shape index (κ3) is 3.21. The highest BCUT2D eigenvalue weighted by Gasteiger charge is 2.25. The number of aryl methyl sites for hydroxylation is 1. The number of likely N-dealkylation sites (tertiary alicyclic amines) is 1. The standard InChI is InChI=1S/C16H26N2S/c1-2-9-18-10-6-13(7-11-18)17-15-4-3-5-16-14(15)8-12-19-16/h8,12-13,15,17H,2-7,9-11H2,1H3. The molecule has 1 aromatic heterocycles. The summed E-state index contributed by atoms with van der Waals surface area (Å²) >= 11 is 1.95. The Bertz CT molecular complexity index is 393. The largest absolute Gasteiger partial charge is 0.307 e. The van der Waals surface area contributed by atoms with Gasteiger partial charge < -0.3 is 10.2 Å². The van der Waals surface area contributed by atoms with Crippen molar-refractivity contribution in [2.75, 3.05) is 19.6 Å². The predicted molar refractivity (Wildman–Crippen MR) is 82.9 cm³/mol. The Morgan fingerprint density at radius 2 is 2.16 bits per heavy atom. The molecule has 1 aliphatic carbocycles. The number of nitrogens with zero attached hydrogens (tertiary/aromatic N) is 1. The van der Waals surface area contributed by atoms with Crippen LogP contribution in [0.2, 0.25) is 0 Å². The molecule has 0 spiro atoms. The first-order chi connectivity index (χ1) is 9.36. The molecule has 19 heavy (non-hydrogen) atoms. The molecule has 0 saturated carbocycles. The summed E-state index contributed by atoms with van der Waals surface area (Å²) in [5.41, 5.74) is 1.60. The van der Waals surface area contributed by atoms with Gasteiger partial charge in [-0.2, -0.15) is 0 Å². The minimum absolute atomic E-state index is 0.637. The molecule has 0 amide bonds. The Hall–Kier alpha value is -0.380. The van der Waals surface area contributed by atoms with Crippen LogP contribution in [0, 0.1) is 0 Å². The van der Waals surface area contributed by atoms with Gasteiger partial charge in [-0.15, -0.1) is 11.3 Å². The lowest BCUT2D eigenvalue weighted by atomic mass is 9.92. The van der Waals surface area contributed by atoms with Gasteiger partial charge in [0, 0.05) is 17.0 Å². The molecule has 0 aromatic carbocycles. The van der Waals surface area contributed by atoms with Crippen molar-refractivity contribution in [2.24, 2.45) is 0 Å². The average Bonchev–Trinajstić information content (AvgIpc) is 2.91. The van der Waals surface area contributed by atoms with Gasteiger partial charge in [0.2, 0.25) is 0 Å². The highest BCUT2D eigenvalue weighted by molar-refractivity contribution is 7.10. The number of rotatable bonds is 4. The fraction of sp³-hybridized carbons (Fsp3) is 0.750. The molecule has 1 fully saturated rings. The van der Waals surface area contributed by atoms with E-state index < -0.39 is 0 Å². The highest BCUT2D eigenvalue weighted by Crippen LogP contribution is 2.34. The van der Waals surface area contributed by atoms with E-state index in [9.17, 15) is 0 Å². The molecule has 3 rings (SSSR count). The van der Waals surface area contributed by atoms with Crippen LogP contribution in [0.3, 0.4) is 0 Å². The second-order valence-electron chi connectivity index (χ2n) is 6.03. The van der Waals surface area contributed by atoms with Crippen molar-refractivity contribution < 1.29 is 0 Å². The molecule has 3 heteroatoms. The smallest absolute Gasteiger partial charge is 0.0333 e. The van der Waals surface area contributed by atoms with Gasteiger partial charge >= 0.3 is 0 Å². The van der Waals surface area contributed by atoms with E-state index in [-0.39, 0.29) is 0 Å². The molecule has 1 N–H and O–H groups in total. The summed E-state index contributed by atoms with van der Waals surface area (Å²) in [6, 6.07) is 3.73. The van der Waals surface area contributed by atoms with Gasteiger partial charge in [0.25, 0.3) is 0 Å². The van der Waals surface area contributed by atoms with E-state index in [1.54, 1.807) is 10.4 Å². The lowest BCUT2D eigenvalue weighted by molar-refractivity contribution is 0.188. The van der Waals surface area contributed by atoms with Crippen LogP contribution in [-0.2, 0) is 6.42 Å². The third-order valence-corrected chi connectivity index (χ3v) is 5.61. The van der Waals surface area contributed by atoms with Crippen LogP contribution < -0.4 is 5.32 Å². The second kappa shape index (κ2) is 6.38. The van der Waals surface area contributed by atoms with E-state index in [0.717, 1.165) is 6.04 Å². The Kier molecular flexibility index (Phi) is 4.57. The van der Waals surface area contributed by atoms with Crippen LogP contribution in [0.25, 0.3) is 0 Å². The molecule has 2 aliphatic rings. The number of fused-ring (bicyclic) bond motifs is 1. The first-order valence-corrected chi connectivity index (χ1v) is 8.79. The van der Waals surface area contributed by atoms with Gasteiger partial charge in [-0.1, -0.05) is 6.92 Å². The zero-order valence-corrected chi connectivity index (χ0v) is 12.8. The van der Waals surface area contributed by atoms with Crippen LogP contribution in [0.15, 0.2) is 11.4 Å². The molecular formula is C16H26N2S. The Morgan fingerprint density at radius 3 is 2.95 bits per heavy atom. The van der Waals surface area contributed by atoms with Crippen LogP contribution in [0.4, 0.5) is 0 Å². The van der Waals surface area contributed by atoms with E-state index >= 15 is 0 Å². The molecule has 0 bridgehead atoms. The van der Waals surface area contributed by atoms with Gasteiger partial charge in [0.1, 0.15) is 0 Å². The molecule has 0 radical (unpaired) electrons. The molecule has 106 valence electrons.